The van der Waals surface area contributed by atoms with Crippen LogP contribution in [0.1, 0.15) is 6.92 Å². The predicted molar refractivity (Wildman–Crippen MR) is 43.6 cm³/mol. The summed E-state index contributed by atoms with van der Waals surface area (Å²) in [5.74, 6) is 0. The molecule has 0 aromatic rings. The minimum absolute atomic E-state index is 0.0385. The maximum absolute atomic E-state index is 5.36. The van der Waals surface area contributed by atoms with E-state index in [9.17, 15) is 0 Å². The molecule has 68 valence electrons. The van der Waals surface area contributed by atoms with E-state index < -0.39 is 9.53 Å². The lowest BCUT2D eigenvalue weighted by Crippen LogP contribution is -2.30. The Kier molecular flexibility index (Phi) is 6.78. The Morgan fingerprint density at radius 2 is 1.73 bits per heavy atom. The Morgan fingerprint density at radius 1 is 1.18 bits per heavy atom. The summed E-state index contributed by atoms with van der Waals surface area (Å²) >= 11 is 0. The van der Waals surface area contributed by atoms with Crippen molar-refractivity contribution in [3.8, 4) is 0 Å². The highest BCUT2D eigenvalue weighted by Crippen LogP contribution is 1.96. The second-order valence-electron chi connectivity index (χ2n) is 2.16. The number of rotatable bonds is 6. The van der Waals surface area contributed by atoms with E-state index in [4.69, 9.17) is 18.0 Å². The van der Waals surface area contributed by atoms with Crippen LogP contribution in [-0.4, -0.2) is 43.6 Å². The molecule has 0 aliphatic heterocycles. The largest absolute Gasteiger partial charge is 0.484 e. The van der Waals surface area contributed by atoms with Gasteiger partial charge in [0, 0.05) is 21.3 Å². The van der Waals surface area contributed by atoms with Gasteiger partial charge in [0.2, 0.25) is 0 Å². The van der Waals surface area contributed by atoms with Gasteiger partial charge < -0.3 is 18.0 Å². The van der Waals surface area contributed by atoms with Crippen LogP contribution in [0.3, 0.4) is 0 Å². The standard InChI is InChI=1S/C6H16O4Si/c1-6(5-7-2)10-11(8-3)9-4/h6,11H,5H2,1-4H3. The summed E-state index contributed by atoms with van der Waals surface area (Å²) in [4.78, 5) is 0. The van der Waals surface area contributed by atoms with Crippen LogP contribution in [0.25, 0.3) is 0 Å². The molecule has 0 amide bonds. The molecule has 1 atom stereocenters. The van der Waals surface area contributed by atoms with Gasteiger partial charge in [-0.15, -0.1) is 0 Å². The molecule has 0 aromatic heterocycles. The van der Waals surface area contributed by atoms with Gasteiger partial charge in [0.25, 0.3) is 0 Å². The maximum atomic E-state index is 5.36. The van der Waals surface area contributed by atoms with Crippen LogP contribution in [0.5, 0.6) is 0 Å². The van der Waals surface area contributed by atoms with Crippen molar-refractivity contribution in [3.05, 3.63) is 0 Å². The Labute approximate surface area is 69.4 Å². The van der Waals surface area contributed by atoms with Crippen molar-refractivity contribution in [2.75, 3.05) is 27.9 Å². The quantitative estimate of drug-likeness (QED) is 0.541. The molecule has 5 heteroatoms. The first kappa shape index (κ1) is 11.1. The molecule has 0 spiro atoms. The lowest BCUT2D eigenvalue weighted by molar-refractivity contribution is 0.0423. The summed E-state index contributed by atoms with van der Waals surface area (Å²) in [6, 6.07) is 0. The second-order valence-corrected chi connectivity index (χ2v) is 3.95. The fourth-order valence-electron chi connectivity index (χ4n) is 0.671. The first-order valence-electron chi connectivity index (χ1n) is 3.44. The molecular formula is C6H16O4Si. The molecule has 0 heterocycles. The molecule has 11 heavy (non-hydrogen) atoms. The van der Waals surface area contributed by atoms with Crippen LogP contribution in [0.15, 0.2) is 0 Å². The average Bonchev–Trinajstić information content (AvgIpc) is 2.01. The van der Waals surface area contributed by atoms with E-state index in [1.165, 1.54) is 0 Å². The molecule has 1 unspecified atom stereocenters. The van der Waals surface area contributed by atoms with Crippen LogP contribution < -0.4 is 0 Å². The third-order valence-corrected chi connectivity index (χ3v) is 2.59. The average molecular weight is 180 g/mol. The number of hydrogen-bond donors (Lipinski definition) is 0. The molecule has 0 saturated heterocycles. The van der Waals surface area contributed by atoms with Gasteiger partial charge >= 0.3 is 9.53 Å². The van der Waals surface area contributed by atoms with Gasteiger partial charge in [0.15, 0.2) is 0 Å². The van der Waals surface area contributed by atoms with E-state index in [1.807, 2.05) is 6.92 Å². The number of methoxy groups -OCH3 is 1. The zero-order valence-corrected chi connectivity index (χ0v) is 8.65. The van der Waals surface area contributed by atoms with E-state index in [2.05, 4.69) is 0 Å². The molecule has 0 aliphatic carbocycles. The summed E-state index contributed by atoms with van der Waals surface area (Å²) in [6.07, 6.45) is 0.0385. The Morgan fingerprint density at radius 3 is 2.09 bits per heavy atom. The Bertz CT molecular complexity index is 86.7. The molecule has 4 nitrogen and oxygen atoms in total. The predicted octanol–water partition coefficient (Wildman–Crippen LogP) is 0.0479. The molecule has 0 saturated carbocycles. The minimum atomic E-state index is -1.86. The van der Waals surface area contributed by atoms with Crippen LogP contribution in [0.4, 0.5) is 0 Å². The SMILES string of the molecule is COCC(C)O[SiH](OC)OC. The molecule has 0 N–H and O–H groups in total. The highest BCUT2D eigenvalue weighted by molar-refractivity contribution is 6.36. The smallest absolute Gasteiger partial charge is 0.382 e. The molecule has 0 bridgehead atoms. The molecule has 0 rings (SSSR count). The lowest BCUT2D eigenvalue weighted by atomic mass is 10.5. The van der Waals surface area contributed by atoms with Gasteiger partial charge in [-0.05, 0) is 6.92 Å². The van der Waals surface area contributed by atoms with Crippen molar-refractivity contribution >= 4 is 9.53 Å². The van der Waals surface area contributed by atoms with Crippen LogP contribution in [-0.2, 0) is 18.0 Å². The van der Waals surface area contributed by atoms with Crippen molar-refractivity contribution in [1.82, 2.24) is 0 Å². The third-order valence-electron chi connectivity index (χ3n) is 1.13. The van der Waals surface area contributed by atoms with Crippen LogP contribution >= 0.6 is 0 Å². The molecule has 0 radical (unpaired) electrons. The van der Waals surface area contributed by atoms with Gasteiger partial charge in [0.1, 0.15) is 0 Å². The molecule has 0 aliphatic rings. The van der Waals surface area contributed by atoms with Crippen molar-refractivity contribution in [3.63, 3.8) is 0 Å². The van der Waals surface area contributed by atoms with E-state index in [0.29, 0.717) is 6.61 Å². The zero-order valence-electron chi connectivity index (χ0n) is 7.49. The monoisotopic (exact) mass is 180 g/mol. The third kappa shape index (κ3) is 5.34. The number of ether oxygens (including phenoxy) is 1. The highest BCUT2D eigenvalue weighted by Gasteiger charge is 2.14. The van der Waals surface area contributed by atoms with Crippen LogP contribution in [0.2, 0.25) is 0 Å². The van der Waals surface area contributed by atoms with Gasteiger partial charge in [-0.3, -0.25) is 0 Å². The van der Waals surface area contributed by atoms with Gasteiger partial charge in [-0.25, -0.2) is 0 Å². The molecule has 0 fully saturated rings. The van der Waals surface area contributed by atoms with E-state index >= 15 is 0 Å². The van der Waals surface area contributed by atoms with Gasteiger partial charge in [0.05, 0.1) is 12.7 Å². The van der Waals surface area contributed by atoms with E-state index in [-0.39, 0.29) is 6.10 Å². The molecule has 0 aromatic carbocycles. The Balaban J connectivity index is 3.44. The van der Waals surface area contributed by atoms with Crippen molar-refractivity contribution in [2.24, 2.45) is 0 Å². The zero-order chi connectivity index (χ0) is 8.69. The summed E-state index contributed by atoms with van der Waals surface area (Å²) < 4.78 is 20.1. The van der Waals surface area contributed by atoms with E-state index in [0.717, 1.165) is 0 Å². The first-order chi connectivity index (χ1) is 5.24. The summed E-state index contributed by atoms with van der Waals surface area (Å²) in [5, 5.41) is 0. The fourth-order valence-corrected chi connectivity index (χ4v) is 1.54. The van der Waals surface area contributed by atoms with Gasteiger partial charge in [-0.1, -0.05) is 0 Å². The lowest BCUT2D eigenvalue weighted by Gasteiger charge is -2.16. The normalized spacial score (nSPS) is 13.9. The van der Waals surface area contributed by atoms with Crippen molar-refractivity contribution in [2.45, 2.75) is 13.0 Å². The second kappa shape index (κ2) is 6.75. The molecular weight excluding hydrogens is 164 g/mol. The topological polar surface area (TPSA) is 36.9 Å². The fraction of sp³-hybridized carbons (Fsp3) is 1.00. The Hall–Kier alpha value is 0.0569. The first-order valence-corrected chi connectivity index (χ1v) is 4.86. The maximum Gasteiger partial charge on any atom is 0.484 e. The summed E-state index contributed by atoms with van der Waals surface area (Å²) in [5.41, 5.74) is 0. The summed E-state index contributed by atoms with van der Waals surface area (Å²) in [7, 11) is 2.94. The van der Waals surface area contributed by atoms with Gasteiger partial charge in [-0.2, -0.15) is 0 Å². The minimum Gasteiger partial charge on any atom is -0.382 e. The number of hydrogen-bond acceptors (Lipinski definition) is 4. The van der Waals surface area contributed by atoms with Crippen LogP contribution in [0, 0.1) is 0 Å². The van der Waals surface area contributed by atoms with E-state index in [1.54, 1.807) is 21.3 Å². The summed E-state index contributed by atoms with van der Waals surface area (Å²) in [6.45, 7) is 2.48. The van der Waals surface area contributed by atoms with Crippen molar-refractivity contribution < 1.29 is 18.0 Å². The highest BCUT2D eigenvalue weighted by atomic mass is 28.3. The van der Waals surface area contributed by atoms with Crippen molar-refractivity contribution in [1.29, 1.82) is 0 Å².